The Morgan fingerprint density at radius 2 is 1.75 bits per heavy atom. The van der Waals surface area contributed by atoms with Crippen molar-refractivity contribution in [2.75, 3.05) is 24.8 Å². The summed E-state index contributed by atoms with van der Waals surface area (Å²) >= 11 is 0. The first kappa shape index (κ1) is 14.0. The van der Waals surface area contributed by atoms with E-state index in [1.165, 1.54) is 19.2 Å². The second-order valence-electron chi connectivity index (χ2n) is 4.14. The molecule has 20 heavy (non-hydrogen) atoms. The van der Waals surface area contributed by atoms with Crippen molar-refractivity contribution in [2.24, 2.45) is 0 Å². The van der Waals surface area contributed by atoms with Crippen molar-refractivity contribution < 1.29 is 9.13 Å². The summed E-state index contributed by atoms with van der Waals surface area (Å²) in [6.07, 6.45) is 0. The van der Waals surface area contributed by atoms with Gasteiger partial charge in [-0.05, 0) is 24.6 Å². The van der Waals surface area contributed by atoms with Crippen molar-refractivity contribution in [1.29, 1.82) is 0 Å². The maximum Gasteiger partial charge on any atom is 0.322 e. The van der Waals surface area contributed by atoms with E-state index < -0.39 is 0 Å². The minimum absolute atomic E-state index is 0.0765. The van der Waals surface area contributed by atoms with E-state index in [0.717, 1.165) is 5.56 Å². The molecule has 1 unspecified atom stereocenters. The number of methoxy groups -OCH3 is 1. The number of anilines is 2. The van der Waals surface area contributed by atoms with E-state index in [9.17, 15) is 4.39 Å². The van der Waals surface area contributed by atoms with Gasteiger partial charge >= 0.3 is 6.01 Å². The first-order valence-corrected chi connectivity index (χ1v) is 6.12. The molecular weight excluding hydrogens is 261 g/mol. The molecule has 0 spiro atoms. The number of aromatic nitrogens is 3. The normalized spacial score (nSPS) is 11.8. The lowest BCUT2D eigenvalue weighted by molar-refractivity contribution is 0.379. The lowest BCUT2D eigenvalue weighted by Gasteiger charge is -2.15. The fraction of sp³-hybridized carbons (Fsp3) is 0.308. The van der Waals surface area contributed by atoms with Crippen LogP contribution in [0, 0.1) is 5.82 Å². The molecule has 1 aromatic heterocycles. The van der Waals surface area contributed by atoms with Crippen molar-refractivity contribution >= 4 is 11.9 Å². The molecule has 0 saturated carbocycles. The third-order valence-corrected chi connectivity index (χ3v) is 2.74. The molecular formula is C13H16FN5O. The zero-order chi connectivity index (χ0) is 14.5. The molecule has 2 rings (SSSR count). The Labute approximate surface area is 116 Å². The second-order valence-corrected chi connectivity index (χ2v) is 4.14. The molecule has 1 aromatic carbocycles. The molecule has 0 amide bonds. The van der Waals surface area contributed by atoms with Gasteiger partial charge in [0.25, 0.3) is 0 Å². The first-order chi connectivity index (χ1) is 9.62. The molecule has 0 radical (unpaired) electrons. The number of ether oxygens (including phenoxy) is 1. The van der Waals surface area contributed by atoms with Crippen LogP contribution in [0.2, 0.25) is 0 Å². The molecule has 0 aliphatic carbocycles. The highest BCUT2D eigenvalue weighted by atomic mass is 19.1. The molecule has 106 valence electrons. The van der Waals surface area contributed by atoms with E-state index >= 15 is 0 Å². The van der Waals surface area contributed by atoms with E-state index in [-0.39, 0.29) is 17.9 Å². The zero-order valence-corrected chi connectivity index (χ0v) is 11.5. The molecule has 6 nitrogen and oxygen atoms in total. The predicted molar refractivity (Wildman–Crippen MR) is 74.4 cm³/mol. The highest BCUT2D eigenvalue weighted by Gasteiger charge is 2.10. The van der Waals surface area contributed by atoms with Gasteiger partial charge in [-0.15, -0.1) is 0 Å². The SMILES string of the molecule is CNc1nc(NC(C)c2ccc(F)cc2)nc(OC)n1. The van der Waals surface area contributed by atoms with Crippen LogP contribution in [0.3, 0.4) is 0 Å². The van der Waals surface area contributed by atoms with Crippen LogP contribution in [0.1, 0.15) is 18.5 Å². The lowest BCUT2D eigenvalue weighted by Crippen LogP contribution is -2.12. The van der Waals surface area contributed by atoms with Crippen LogP contribution in [0.15, 0.2) is 24.3 Å². The monoisotopic (exact) mass is 277 g/mol. The van der Waals surface area contributed by atoms with Crippen molar-refractivity contribution in [2.45, 2.75) is 13.0 Å². The summed E-state index contributed by atoms with van der Waals surface area (Å²) in [6, 6.07) is 6.40. The Morgan fingerprint density at radius 1 is 1.10 bits per heavy atom. The van der Waals surface area contributed by atoms with Gasteiger partial charge in [-0.3, -0.25) is 0 Å². The Bertz CT molecular complexity index is 553. The van der Waals surface area contributed by atoms with Crippen LogP contribution in [0.5, 0.6) is 6.01 Å². The summed E-state index contributed by atoms with van der Waals surface area (Å²) in [6.45, 7) is 1.93. The quantitative estimate of drug-likeness (QED) is 0.873. The van der Waals surface area contributed by atoms with Gasteiger partial charge < -0.3 is 15.4 Å². The van der Waals surface area contributed by atoms with Gasteiger partial charge in [0, 0.05) is 7.05 Å². The van der Waals surface area contributed by atoms with Gasteiger partial charge in [-0.2, -0.15) is 15.0 Å². The van der Waals surface area contributed by atoms with Crippen LogP contribution < -0.4 is 15.4 Å². The maximum atomic E-state index is 12.9. The first-order valence-electron chi connectivity index (χ1n) is 6.12. The van der Waals surface area contributed by atoms with Gasteiger partial charge in [0.1, 0.15) is 5.82 Å². The molecule has 0 aliphatic heterocycles. The van der Waals surface area contributed by atoms with E-state index in [0.29, 0.717) is 11.9 Å². The number of nitrogens with one attached hydrogen (secondary N) is 2. The largest absolute Gasteiger partial charge is 0.467 e. The van der Waals surface area contributed by atoms with Crippen molar-refractivity contribution in [3.8, 4) is 6.01 Å². The Balaban J connectivity index is 2.18. The number of halogens is 1. The topological polar surface area (TPSA) is 72.0 Å². The number of nitrogens with zero attached hydrogens (tertiary/aromatic N) is 3. The maximum absolute atomic E-state index is 12.9. The van der Waals surface area contributed by atoms with E-state index in [2.05, 4.69) is 25.6 Å². The molecule has 0 fully saturated rings. The van der Waals surface area contributed by atoms with Crippen molar-refractivity contribution in [3.63, 3.8) is 0 Å². The van der Waals surface area contributed by atoms with Gasteiger partial charge in [0.05, 0.1) is 13.2 Å². The van der Waals surface area contributed by atoms with Gasteiger partial charge in [0.15, 0.2) is 0 Å². The molecule has 2 aromatic rings. The standard InChI is InChI=1S/C13H16FN5O/c1-8(9-4-6-10(14)7-5-9)16-12-17-11(15-2)18-13(19-12)20-3/h4-8H,1-3H3,(H2,15,16,17,18,19). The summed E-state index contributed by atoms with van der Waals surface area (Å²) in [4.78, 5) is 12.3. The molecule has 1 atom stereocenters. The molecule has 2 N–H and O–H groups in total. The second kappa shape index (κ2) is 6.14. The number of hydrogen-bond donors (Lipinski definition) is 2. The minimum atomic E-state index is -0.264. The van der Waals surface area contributed by atoms with Gasteiger partial charge in [-0.1, -0.05) is 12.1 Å². The smallest absolute Gasteiger partial charge is 0.322 e. The van der Waals surface area contributed by atoms with Crippen LogP contribution in [0.25, 0.3) is 0 Å². The highest BCUT2D eigenvalue weighted by molar-refractivity contribution is 5.38. The average Bonchev–Trinajstić information content (AvgIpc) is 2.47. The number of benzene rings is 1. The van der Waals surface area contributed by atoms with E-state index in [1.807, 2.05) is 6.92 Å². The van der Waals surface area contributed by atoms with Crippen LogP contribution >= 0.6 is 0 Å². The van der Waals surface area contributed by atoms with Crippen LogP contribution in [-0.4, -0.2) is 29.1 Å². The Hall–Kier alpha value is -2.44. The average molecular weight is 277 g/mol. The van der Waals surface area contributed by atoms with E-state index in [1.54, 1.807) is 19.2 Å². The summed E-state index contributed by atoms with van der Waals surface area (Å²) in [5.41, 5.74) is 0.928. The highest BCUT2D eigenvalue weighted by Crippen LogP contribution is 2.19. The van der Waals surface area contributed by atoms with E-state index in [4.69, 9.17) is 4.74 Å². The lowest BCUT2D eigenvalue weighted by atomic mass is 10.1. The van der Waals surface area contributed by atoms with Crippen molar-refractivity contribution in [1.82, 2.24) is 15.0 Å². The van der Waals surface area contributed by atoms with Crippen LogP contribution in [-0.2, 0) is 0 Å². The number of rotatable bonds is 5. The van der Waals surface area contributed by atoms with Gasteiger partial charge in [-0.25, -0.2) is 4.39 Å². The molecule has 0 bridgehead atoms. The Morgan fingerprint density at radius 3 is 2.35 bits per heavy atom. The summed E-state index contributed by atoms with van der Waals surface area (Å²) < 4.78 is 17.9. The Kier molecular flexibility index (Phi) is 4.29. The van der Waals surface area contributed by atoms with Crippen molar-refractivity contribution in [3.05, 3.63) is 35.6 Å². The predicted octanol–water partition coefficient (Wildman–Crippen LogP) is 2.23. The third kappa shape index (κ3) is 3.31. The number of hydrogen-bond acceptors (Lipinski definition) is 6. The zero-order valence-electron chi connectivity index (χ0n) is 11.5. The third-order valence-electron chi connectivity index (χ3n) is 2.74. The summed E-state index contributed by atoms with van der Waals surface area (Å²) in [5.74, 6) is 0.531. The van der Waals surface area contributed by atoms with Gasteiger partial charge in [0.2, 0.25) is 11.9 Å². The fourth-order valence-corrected chi connectivity index (χ4v) is 1.65. The summed E-state index contributed by atoms with van der Waals surface area (Å²) in [7, 11) is 3.20. The van der Waals surface area contributed by atoms with Crippen LogP contribution in [0.4, 0.5) is 16.3 Å². The minimum Gasteiger partial charge on any atom is -0.467 e. The molecule has 7 heteroatoms. The molecule has 0 aliphatic rings. The summed E-state index contributed by atoms with van der Waals surface area (Å²) in [5, 5.41) is 5.95. The molecule has 1 heterocycles. The molecule has 0 saturated heterocycles. The fourth-order valence-electron chi connectivity index (χ4n) is 1.65.